The van der Waals surface area contributed by atoms with Crippen molar-refractivity contribution in [2.24, 2.45) is 0 Å². The number of hydrogen-bond acceptors (Lipinski definition) is 7. The number of carbonyl (C=O) groups excluding carboxylic acids is 1. The summed E-state index contributed by atoms with van der Waals surface area (Å²) in [6.45, 7) is -0.233. The molecule has 140 valence electrons. The van der Waals surface area contributed by atoms with Crippen molar-refractivity contribution in [1.29, 1.82) is 0 Å². The summed E-state index contributed by atoms with van der Waals surface area (Å²) in [5, 5.41) is 22.5. The highest BCUT2D eigenvalue weighted by atomic mass is 79.9. The van der Waals surface area contributed by atoms with E-state index in [1.807, 2.05) is 6.07 Å². The third-order valence-corrected chi connectivity index (χ3v) is 5.50. The summed E-state index contributed by atoms with van der Waals surface area (Å²) < 4.78 is 7.27. The minimum Gasteiger partial charge on any atom is -0.394 e. The van der Waals surface area contributed by atoms with Crippen LogP contribution in [0.15, 0.2) is 43.0 Å². The van der Waals surface area contributed by atoms with E-state index in [0.29, 0.717) is 16.7 Å². The van der Waals surface area contributed by atoms with Crippen molar-refractivity contribution in [3.8, 4) is 0 Å². The van der Waals surface area contributed by atoms with Crippen molar-refractivity contribution in [3.63, 3.8) is 0 Å². The molecule has 0 bridgehead atoms. The number of imidazole rings is 1. The Bertz CT molecular complexity index is 966. The third kappa shape index (κ3) is 3.21. The number of amides is 1. The summed E-state index contributed by atoms with van der Waals surface area (Å²) in [5.74, 6) is -0.0580. The number of ether oxygens (including phenoxy) is 1. The number of carbonyl (C=O) groups is 1. The standard InChI is InChI=1S/C17H16BrN5O4/c18-11-10(6-24)27-17(13(11)25)23-8-21-12-14(19-7-20-15(12)23)22-16(26)9-4-2-1-3-5-9/h1-5,7-8,10-11,13,17,24-25H,6H2,(H,19,20,22,26)/t10-,11+,13-,17-/m1/s1. The Morgan fingerprint density at radius 1 is 1.26 bits per heavy atom. The van der Waals surface area contributed by atoms with Crippen molar-refractivity contribution in [2.75, 3.05) is 11.9 Å². The Morgan fingerprint density at radius 2 is 2.04 bits per heavy atom. The Morgan fingerprint density at radius 3 is 2.74 bits per heavy atom. The average molecular weight is 434 g/mol. The van der Waals surface area contributed by atoms with Crippen molar-refractivity contribution in [2.45, 2.75) is 23.3 Å². The first-order chi connectivity index (χ1) is 13.1. The predicted octanol–water partition coefficient (Wildman–Crippen LogP) is 1.09. The van der Waals surface area contributed by atoms with Gasteiger partial charge in [0, 0.05) is 5.56 Å². The fraction of sp³-hybridized carbons (Fsp3) is 0.294. The molecule has 0 unspecified atom stereocenters. The monoisotopic (exact) mass is 433 g/mol. The predicted molar refractivity (Wildman–Crippen MR) is 99.4 cm³/mol. The molecule has 3 heterocycles. The van der Waals surface area contributed by atoms with Crippen molar-refractivity contribution in [3.05, 3.63) is 48.5 Å². The van der Waals surface area contributed by atoms with E-state index in [9.17, 15) is 15.0 Å². The van der Waals surface area contributed by atoms with E-state index in [4.69, 9.17) is 4.74 Å². The lowest BCUT2D eigenvalue weighted by atomic mass is 10.2. The Balaban J connectivity index is 1.65. The van der Waals surface area contributed by atoms with Crippen LogP contribution in [-0.2, 0) is 4.74 Å². The molecule has 4 rings (SSSR count). The third-order valence-electron chi connectivity index (χ3n) is 4.37. The number of rotatable bonds is 4. The zero-order valence-corrected chi connectivity index (χ0v) is 15.5. The van der Waals surface area contributed by atoms with Crippen LogP contribution in [0.25, 0.3) is 11.2 Å². The zero-order chi connectivity index (χ0) is 19.0. The molecule has 0 saturated carbocycles. The Kier molecular flexibility index (Phi) is 4.87. The normalized spacial score (nSPS) is 25.0. The first-order valence-electron chi connectivity index (χ1n) is 8.22. The van der Waals surface area contributed by atoms with Crippen molar-refractivity contribution >= 4 is 38.8 Å². The Labute approximate surface area is 162 Å². The number of halogens is 1. The van der Waals surface area contributed by atoms with Crippen LogP contribution in [0.3, 0.4) is 0 Å². The molecule has 1 aliphatic heterocycles. The number of anilines is 1. The van der Waals surface area contributed by atoms with Gasteiger partial charge >= 0.3 is 0 Å². The molecule has 3 aromatic rings. The molecule has 1 aromatic carbocycles. The highest BCUT2D eigenvalue weighted by molar-refractivity contribution is 9.09. The molecule has 0 radical (unpaired) electrons. The maximum Gasteiger partial charge on any atom is 0.256 e. The van der Waals surface area contributed by atoms with Crippen LogP contribution < -0.4 is 5.32 Å². The topological polar surface area (TPSA) is 122 Å². The molecule has 27 heavy (non-hydrogen) atoms. The number of aromatic nitrogens is 4. The molecular weight excluding hydrogens is 418 g/mol. The maximum absolute atomic E-state index is 12.4. The highest BCUT2D eigenvalue weighted by Gasteiger charge is 2.43. The lowest BCUT2D eigenvalue weighted by molar-refractivity contribution is -0.0486. The van der Waals surface area contributed by atoms with Gasteiger partial charge < -0.3 is 20.3 Å². The van der Waals surface area contributed by atoms with E-state index in [2.05, 4.69) is 36.2 Å². The van der Waals surface area contributed by atoms with Gasteiger partial charge in [-0.25, -0.2) is 15.0 Å². The van der Waals surface area contributed by atoms with Gasteiger partial charge in [-0.2, -0.15) is 0 Å². The summed E-state index contributed by atoms with van der Waals surface area (Å²) in [6, 6.07) is 8.75. The number of aliphatic hydroxyl groups is 2. The molecule has 3 N–H and O–H groups in total. The van der Waals surface area contributed by atoms with Gasteiger partial charge in [0.05, 0.1) is 23.9 Å². The Hall–Kier alpha value is -2.40. The summed E-state index contributed by atoms with van der Waals surface area (Å²) in [4.78, 5) is 24.6. The van der Waals surface area contributed by atoms with Gasteiger partial charge in [-0.3, -0.25) is 9.36 Å². The number of nitrogens with zero attached hydrogens (tertiary/aromatic N) is 4. The molecular formula is C17H16BrN5O4. The second-order valence-electron chi connectivity index (χ2n) is 6.05. The molecule has 2 aromatic heterocycles. The van der Waals surface area contributed by atoms with Crippen LogP contribution in [0.1, 0.15) is 16.6 Å². The van der Waals surface area contributed by atoms with Crippen LogP contribution in [-0.4, -0.2) is 59.3 Å². The van der Waals surface area contributed by atoms with E-state index < -0.39 is 23.3 Å². The highest BCUT2D eigenvalue weighted by Crippen LogP contribution is 2.35. The molecule has 4 atom stereocenters. The van der Waals surface area contributed by atoms with E-state index in [1.165, 1.54) is 12.7 Å². The van der Waals surface area contributed by atoms with E-state index in [0.717, 1.165) is 0 Å². The second-order valence-corrected chi connectivity index (χ2v) is 7.11. The van der Waals surface area contributed by atoms with Crippen LogP contribution in [0.2, 0.25) is 0 Å². The van der Waals surface area contributed by atoms with Gasteiger partial charge in [-0.15, -0.1) is 0 Å². The summed E-state index contributed by atoms with van der Waals surface area (Å²) in [7, 11) is 0. The summed E-state index contributed by atoms with van der Waals surface area (Å²) in [5.41, 5.74) is 1.26. The molecule has 1 fully saturated rings. The largest absolute Gasteiger partial charge is 0.394 e. The van der Waals surface area contributed by atoms with Crippen molar-refractivity contribution < 1.29 is 19.7 Å². The quantitative estimate of drug-likeness (QED) is 0.526. The molecule has 1 saturated heterocycles. The molecule has 1 aliphatic rings. The number of alkyl halides is 1. The average Bonchev–Trinajstić information content (AvgIpc) is 3.25. The summed E-state index contributed by atoms with van der Waals surface area (Å²) >= 11 is 3.33. The molecule has 10 heteroatoms. The first kappa shape index (κ1) is 18.0. The number of hydrogen-bond donors (Lipinski definition) is 3. The van der Waals surface area contributed by atoms with Crippen LogP contribution in [0.5, 0.6) is 0 Å². The van der Waals surface area contributed by atoms with E-state index >= 15 is 0 Å². The number of aliphatic hydroxyl groups excluding tert-OH is 2. The van der Waals surface area contributed by atoms with Gasteiger partial charge in [0.1, 0.15) is 12.4 Å². The van der Waals surface area contributed by atoms with Gasteiger partial charge in [0.2, 0.25) is 0 Å². The fourth-order valence-corrected chi connectivity index (χ4v) is 3.54. The fourth-order valence-electron chi connectivity index (χ4n) is 2.98. The molecule has 1 amide bonds. The van der Waals surface area contributed by atoms with Gasteiger partial charge in [-0.1, -0.05) is 34.1 Å². The van der Waals surface area contributed by atoms with Gasteiger partial charge in [0.25, 0.3) is 5.91 Å². The first-order valence-corrected chi connectivity index (χ1v) is 9.14. The smallest absolute Gasteiger partial charge is 0.256 e. The summed E-state index contributed by atoms with van der Waals surface area (Å²) in [6.07, 6.45) is 0.533. The van der Waals surface area contributed by atoms with E-state index in [-0.39, 0.29) is 18.3 Å². The van der Waals surface area contributed by atoms with E-state index in [1.54, 1.807) is 28.8 Å². The van der Waals surface area contributed by atoms with Crippen molar-refractivity contribution in [1.82, 2.24) is 19.5 Å². The minimum absolute atomic E-state index is 0.233. The van der Waals surface area contributed by atoms with Crippen LogP contribution in [0, 0.1) is 0 Å². The SMILES string of the molecule is O=C(Nc1ncnc2c1ncn2[C@@H]1O[C@H](CO)[C@H](Br)[C@H]1O)c1ccccc1. The van der Waals surface area contributed by atoms with Gasteiger partial charge in [0.15, 0.2) is 23.2 Å². The molecule has 9 nitrogen and oxygen atoms in total. The lowest BCUT2D eigenvalue weighted by Gasteiger charge is -2.16. The van der Waals surface area contributed by atoms with Gasteiger partial charge in [-0.05, 0) is 12.1 Å². The second kappa shape index (κ2) is 7.31. The maximum atomic E-state index is 12.4. The number of benzene rings is 1. The molecule has 0 aliphatic carbocycles. The lowest BCUT2D eigenvalue weighted by Crippen LogP contribution is -2.28. The molecule has 0 spiro atoms. The zero-order valence-electron chi connectivity index (χ0n) is 13.9. The number of fused-ring (bicyclic) bond motifs is 1. The number of nitrogens with one attached hydrogen (secondary N) is 1. The van der Waals surface area contributed by atoms with Crippen LogP contribution in [0.4, 0.5) is 5.82 Å². The van der Waals surface area contributed by atoms with Crippen LogP contribution >= 0.6 is 15.9 Å². The minimum atomic E-state index is -0.906.